The summed E-state index contributed by atoms with van der Waals surface area (Å²) in [5.41, 5.74) is 0.394. The lowest BCUT2D eigenvalue weighted by Gasteiger charge is -2.17. The van der Waals surface area contributed by atoms with Crippen LogP contribution in [0.15, 0.2) is 29.8 Å². The Morgan fingerprint density at radius 1 is 1.26 bits per heavy atom. The molecule has 0 saturated carbocycles. The van der Waals surface area contributed by atoms with Crippen LogP contribution in [0.5, 0.6) is 11.5 Å². The molecule has 0 unspecified atom stereocenters. The van der Waals surface area contributed by atoms with Crippen LogP contribution in [-0.2, 0) is 0 Å². The van der Waals surface area contributed by atoms with Crippen LogP contribution in [0.3, 0.4) is 0 Å². The van der Waals surface area contributed by atoms with Crippen LogP contribution in [-0.4, -0.2) is 32.2 Å². The second-order valence-electron chi connectivity index (χ2n) is 3.72. The number of thiazole rings is 1. The predicted octanol–water partition coefficient (Wildman–Crippen LogP) is 2.44. The Hall–Kier alpha value is -2.08. The maximum absolute atomic E-state index is 12.5. The average Bonchev–Trinajstić information content (AvgIpc) is 2.98. The molecule has 1 aromatic heterocycles. The summed E-state index contributed by atoms with van der Waals surface area (Å²) in [6.45, 7) is 0. The van der Waals surface area contributed by atoms with Gasteiger partial charge < -0.3 is 9.47 Å². The van der Waals surface area contributed by atoms with Crippen molar-refractivity contribution in [3.63, 3.8) is 0 Å². The number of nitrogens with zero attached hydrogens (tertiary/aromatic N) is 2. The van der Waals surface area contributed by atoms with Crippen LogP contribution in [0, 0.1) is 0 Å². The second-order valence-corrected chi connectivity index (χ2v) is 4.59. The van der Waals surface area contributed by atoms with Gasteiger partial charge in [0, 0.05) is 18.6 Å². The number of ether oxygens (including phenoxy) is 2. The predicted molar refractivity (Wildman–Crippen MR) is 74.4 cm³/mol. The Morgan fingerprint density at radius 3 is 2.37 bits per heavy atom. The molecule has 1 aromatic carbocycles. The van der Waals surface area contributed by atoms with E-state index in [9.17, 15) is 4.79 Å². The summed E-state index contributed by atoms with van der Waals surface area (Å²) in [6.07, 6.45) is 1.66. The lowest BCUT2D eigenvalue weighted by Crippen LogP contribution is -2.27. The molecule has 0 spiro atoms. The van der Waals surface area contributed by atoms with Crippen molar-refractivity contribution < 1.29 is 14.3 Å². The fourth-order valence-electron chi connectivity index (χ4n) is 1.70. The van der Waals surface area contributed by atoms with Gasteiger partial charge in [-0.3, -0.25) is 9.69 Å². The van der Waals surface area contributed by atoms with Crippen molar-refractivity contribution in [2.75, 3.05) is 26.2 Å². The highest BCUT2D eigenvalue weighted by Gasteiger charge is 2.23. The zero-order valence-electron chi connectivity index (χ0n) is 10.9. The smallest absolute Gasteiger partial charge is 0.267 e. The minimum absolute atomic E-state index is 0.218. The molecule has 0 aliphatic carbocycles. The maximum atomic E-state index is 12.5. The molecule has 0 N–H and O–H groups in total. The zero-order valence-corrected chi connectivity index (χ0v) is 11.7. The van der Waals surface area contributed by atoms with Crippen molar-refractivity contribution in [2.45, 2.75) is 0 Å². The highest BCUT2D eigenvalue weighted by atomic mass is 32.1. The number of anilines is 1. The van der Waals surface area contributed by atoms with E-state index in [1.807, 2.05) is 5.38 Å². The van der Waals surface area contributed by atoms with E-state index in [1.165, 1.54) is 30.5 Å². The third kappa shape index (κ3) is 2.53. The van der Waals surface area contributed by atoms with Gasteiger partial charge in [-0.2, -0.15) is 0 Å². The van der Waals surface area contributed by atoms with Crippen molar-refractivity contribution in [1.82, 2.24) is 4.98 Å². The van der Waals surface area contributed by atoms with Crippen LogP contribution in [0.4, 0.5) is 5.13 Å². The number of methoxy groups -OCH3 is 2. The van der Waals surface area contributed by atoms with Gasteiger partial charge in [0.25, 0.3) is 5.91 Å². The largest absolute Gasteiger partial charge is 0.496 e. The van der Waals surface area contributed by atoms with Gasteiger partial charge >= 0.3 is 0 Å². The van der Waals surface area contributed by atoms with E-state index in [4.69, 9.17) is 9.47 Å². The first-order valence-electron chi connectivity index (χ1n) is 5.57. The topological polar surface area (TPSA) is 51.7 Å². The van der Waals surface area contributed by atoms with Crippen LogP contribution in [0.1, 0.15) is 10.4 Å². The number of benzene rings is 1. The third-order valence-corrected chi connectivity index (χ3v) is 3.50. The van der Waals surface area contributed by atoms with Gasteiger partial charge in [0.1, 0.15) is 17.1 Å². The maximum Gasteiger partial charge on any atom is 0.267 e. The lowest BCUT2D eigenvalue weighted by atomic mass is 10.1. The fourth-order valence-corrected chi connectivity index (χ4v) is 2.30. The zero-order chi connectivity index (χ0) is 13.8. The molecular formula is C13H14N2O3S. The lowest BCUT2D eigenvalue weighted by molar-refractivity contribution is 0.0987. The molecule has 100 valence electrons. The van der Waals surface area contributed by atoms with Gasteiger partial charge in [0.05, 0.1) is 14.2 Å². The van der Waals surface area contributed by atoms with Crippen molar-refractivity contribution in [2.24, 2.45) is 0 Å². The number of rotatable bonds is 4. The summed E-state index contributed by atoms with van der Waals surface area (Å²) >= 11 is 1.39. The fraction of sp³-hybridized carbons (Fsp3) is 0.231. The molecule has 0 saturated heterocycles. The summed E-state index contributed by atoms with van der Waals surface area (Å²) in [4.78, 5) is 18.1. The van der Waals surface area contributed by atoms with Gasteiger partial charge in [-0.15, -0.1) is 11.3 Å². The molecule has 0 atom stereocenters. The average molecular weight is 278 g/mol. The summed E-state index contributed by atoms with van der Waals surface area (Å²) in [6, 6.07) is 5.23. The molecule has 0 aliphatic rings. The van der Waals surface area contributed by atoms with Crippen molar-refractivity contribution in [3.05, 3.63) is 35.3 Å². The second kappa shape index (κ2) is 5.71. The van der Waals surface area contributed by atoms with Gasteiger partial charge in [-0.25, -0.2) is 4.98 Å². The summed E-state index contributed by atoms with van der Waals surface area (Å²) in [5.74, 6) is 0.741. The van der Waals surface area contributed by atoms with Gasteiger partial charge in [0.15, 0.2) is 5.13 Å². The number of aromatic nitrogens is 1. The summed E-state index contributed by atoms with van der Waals surface area (Å²) in [5, 5.41) is 2.44. The normalized spacial score (nSPS) is 10.1. The van der Waals surface area contributed by atoms with E-state index in [0.717, 1.165) is 0 Å². The Labute approximate surface area is 115 Å². The van der Waals surface area contributed by atoms with E-state index in [1.54, 1.807) is 31.4 Å². The monoisotopic (exact) mass is 278 g/mol. The highest BCUT2D eigenvalue weighted by Crippen LogP contribution is 2.30. The molecule has 2 rings (SSSR count). The van der Waals surface area contributed by atoms with Crippen LogP contribution in [0.25, 0.3) is 0 Å². The number of hydrogen-bond acceptors (Lipinski definition) is 5. The third-order valence-electron chi connectivity index (χ3n) is 2.65. The first-order valence-corrected chi connectivity index (χ1v) is 6.45. The minimum atomic E-state index is -0.218. The van der Waals surface area contributed by atoms with Gasteiger partial charge in [-0.05, 0) is 12.1 Å². The molecular weight excluding hydrogens is 264 g/mol. The minimum Gasteiger partial charge on any atom is -0.496 e. The van der Waals surface area contributed by atoms with Crippen LogP contribution >= 0.6 is 11.3 Å². The number of carbonyl (C=O) groups excluding carboxylic acids is 1. The first-order chi connectivity index (χ1) is 9.19. The van der Waals surface area contributed by atoms with E-state index >= 15 is 0 Å². The Morgan fingerprint density at radius 2 is 1.89 bits per heavy atom. The molecule has 0 fully saturated rings. The summed E-state index contributed by atoms with van der Waals surface area (Å²) in [7, 11) is 4.72. The van der Waals surface area contributed by atoms with E-state index < -0.39 is 0 Å². The van der Waals surface area contributed by atoms with Gasteiger partial charge in [-0.1, -0.05) is 6.07 Å². The first kappa shape index (κ1) is 13.4. The van der Waals surface area contributed by atoms with Crippen molar-refractivity contribution in [3.8, 4) is 11.5 Å². The number of amides is 1. The molecule has 5 nitrogen and oxygen atoms in total. The molecule has 0 aliphatic heterocycles. The van der Waals surface area contributed by atoms with E-state index in [2.05, 4.69) is 4.98 Å². The number of hydrogen-bond donors (Lipinski definition) is 0. The quantitative estimate of drug-likeness (QED) is 0.862. The van der Waals surface area contributed by atoms with Crippen molar-refractivity contribution in [1.29, 1.82) is 0 Å². The molecule has 1 amide bonds. The van der Waals surface area contributed by atoms with Crippen LogP contribution in [0.2, 0.25) is 0 Å². The Kier molecular flexibility index (Phi) is 4.01. The standard InChI is InChI=1S/C13H14N2O3S/c1-15(13-14-7-8-19-13)12(16)11-9(17-2)5-4-6-10(11)18-3/h4-8H,1-3H3. The molecule has 0 radical (unpaired) electrons. The molecule has 2 aromatic rings. The van der Waals surface area contributed by atoms with Crippen LogP contribution < -0.4 is 14.4 Å². The molecule has 6 heteroatoms. The highest BCUT2D eigenvalue weighted by molar-refractivity contribution is 7.13. The van der Waals surface area contributed by atoms with Gasteiger partial charge in [0.2, 0.25) is 0 Å². The Balaban J connectivity index is 2.43. The SMILES string of the molecule is COc1cccc(OC)c1C(=O)N(C)c1nccs1. The summed E-state index contributed by atoms with van der Waals surface area (Å²) < 4.78 is 10.5. The Bertz CT molecular complexity index is 547. The van der Waals surface area contributed by atoms with E-state index in [0.29, 0.717) is 22.2 Å². The molecule has 1 heterocycles. The molecule has 0 bridgehead atoms. The van der Waals surface area contributed by atoms with Crippen molar-refractivity contribution >= 4 is 22.4 Å². The number of carbonyl (C=O) groups is 1. The molecule has 19 heavy (non-hydrogen) atoms. The van der Waals surface area contributed by atoms with E-state index in [-0.39, 0.29) is 5.91 Å².